The van der Waals surface area contributed by atoms with Crippen LogP contribution in [0.5, 0.6) is 0 Å². The summed E-state index contributed by atoms with van der Waals surface area (Å²) in [4.78, 5) is 5.92. The Morgan fingerprint density at radius 3 is 2.68 bits per heavy atom. The third-order valence-corrected chi connectivity index (χ3v) is 5.27. The molecule has 0 amide bonds. The third kappa shape index (κ3) is 6.55. The van der Waals surface area contributed by atoms with Gasteiger partial charge in [0.05, 0.1) is 18.9 Å². The van der Waals surface area contributed by atoms with Crippen LogP contribution in [0.25, 0.3) is 0 Å². The molecule has 1 unspecified atom stereocenters. The standard InChI is InChI=1S/C22H27N3O2S/c1-17-5-2-6-18(15-17)21(26)16-25-22(23-11-9-19-7-3-13-27-19)24-12-10-20-8-4-14-28-20/h2-8,13-15,21,26H,9-12,16H2,1H3,(H2,23,24,25). The molecule has 0 aliphatic carbocycles. The fourth-order valence-electron chi connectivity index (χ4n) is 2.85. The van der Waals surface area contributed by atoms with E-state index in [1.807, 2.05) is 43.3 Å². The van der Waals surface area contributed by atoms with Gasteiger partial charge < -0.3 is 20.2 Å². The summed E-state index contributed by atoms with van der Waals surface area (Å²) in [6, 6.07) is 16.0. The van der Waals surface area contributed by atoms with E-state index in [1.165, 1.54) is 4.88 Å². The van der Waals surface area contributed by atoms with Crippen molar-refractivity contribution in [2.24, 2.45) is 4.99 Å². The summed E-state index contributed by atoms with van der Waals surface area (Å²) >= 11 is 1.75. The number of thiophene rings is 1. The molecule has 0 fully saturated rings. The highest BCUT2D eigenvalue weighted by Gasteiger charge is 2.08. The number of aliphatic hydroxyl groups is 1. The van der Waals surface area contributed by atoms with Crippen molar-refractivity contribution in [2.45, 2.75) is 25.9 Å². The fourth-order valence-corrected chi connectivity index (χ4v) is 3.56. The van der Waals surface area contributed by atoms with Gasteiger partial charge in [-0.15, -0.1) is 11.3 Å². The van der Waals surface area contributed by atoms with E-state index in [4.69, 9.17) is 4.42 Å². The van der Waals surface area contributed by atoms with Gasteiger partial charge in [-0.25, -0.2) is 0 Å². The number of hydrogen-bond acceptors (Lipinski definition) is 4. The Kier molecular flexibility index (Phi) is 7.70. The van der Waals surface area contributed by atoms with Gasteiger partial charge in [0.15, 0.2) is 5.96 Å². The van der Waals surface area contributed by atoms with Crippen LogP contribution in [0.3, 0.4) is 0 Å². The maximum absolute atomic E-state index is 10.5. The lowest BCUT2D eigenvalue weighted by atomic mass is 10.1. The minimum atomic E-state index is -0.624. The zero-order chi connectivity index (χ0) is 19.6. The maximum Gasteiger partial charge on any atom is 0.191 e. The van der Waals surface area contributed by atoms with Gasteiger partial charge in [0.25, 0.3) is 0 Å². The Labute approximate surface area is 170 Å². The van der Waals surface area contributed by atoms with E-state index in [1.54, 1.807) is 17.6 Å². The van der Waals surface area contributed by atoms with E-state index >= 15 is 0 Å². The molecule has 3 aromatic rings. The monoisotopic (exact) mass is 397 g/mol. The van der Waals surface area contributed by atoms with E-state index < -0.39 is 6.10 Å². The van der Waals surface area contributed by atoms with Crippen molar-refractivity contribution in [3.05, 3.63) is 81.9 Å². The van der Waals surface area contributed by atoms with Gasteiger partial charge in [-0.2, -0.15) is 0 Å². The normalized spacial score (nSPS) is 12.7. The molecule has 148 valence electrons. The lowest BCUT2D eigenvalue weighted by Gasteiger charge is -2.14. The van der Waals surface area contributed by atoms with Crippen LogP contribution in [-0.2, 0) is 12.8 Å². The number of aliphatic hydroxyl groups excluding tert-OH is 1. The first kappa shape index (κ1) is 20.2. The average Bonchev–Trinajstić information content (AvgIpc) is 3.39. The van der Waals surface area contributed by atoms with E-state index in [-0.39, 0.29) is 0 Å². The first-order valence-electron chi connectivity index (χ1n) is 9.52. The molecule has 28 heavy (non-hydrogen) atoms. The molecule has 2 aromatic heterocycles. The molecule has 0 aliphatic heterocycles. The molecule has 0 saturated heterocycles. The number of hydrogen-bond donors (Lipinski definition) is 3. The summed E-state index contributed by atoms with van der Waals surface area (Å²) in [5, 5.41) is 19.2. The zero-order valence-electron chi connectivity index (χ0n) is 16.1. The predicted molar refractivity (Wildman–Crippen MR) is 115 cm³/mol. The molecular formula is C22H27N3O2S. The number of nitrogens with one attached hydrogen (secondary N) is 2. The number of rotatable bonds is 9. The van der Waals surface area contributed by atoms with Crippen LogP contribution in [0.2, 0.25) is 0 Å². The van der Waals surface area contributed by atoms with E-state index in [0.29, 0.717) is 19.0 Å². The molecule has 5 nitrogen and oxygen atoms in total. The summed E-state index contributed by atoms with van der Waals surface area (Å²) in [5.41, 5.74) is 2.02. The average molecular weight is 398 g/mol. The van der Waals surface area contributed by atoms with Gasteiger partial charge >= 0.3 is 0 Å². The second-order valence-electron chi connectivity index (χ2n) is 6.63. The second-order valence-corrected chi connectivity index (χ2v) is 7.66. The summed E-state index contributed by atoms with van der Waals surface area (Å²) in [7, 11) is 0. The molecule has 1 aromatic carbocycles. The Hall–Kier alpha value is -2.57. The van der Waals surface area contributed by atoms with Crippen molar-refractivity contribution in [1.82, 2.24) is 10.6 Å². The van der Waals surface area contributed by atoms with Crippen LogP contribution in [-0.4, -0.2) is 30.7 Å². The molecule has 0 spiro atoms. The zero-order valence-corrected chi connectivity index (χ0v) is 16.9. The third-order valence-electron chi connectivity index (χ3n) is 4.34. The topological polar surface area (TPSA) is 69.8 Å². The van der Waals surface area contributed by atoms with Gasteiger partial charge in [-0.3, -0.25) is 4.99 Å². The van der Waals surface area contributed by atoms with Crippen LogP contribution in [0, 0.1) is 6.92 Å². The molecule has 6 heteroatoms. The van der Waals surface area contributed by atoms with Gasteiger partial charge in [0.2, 0.25) is 0 Å². The molecule has 1 atom stereocenters. The van der Waals surface area contributed by atoms with Crippen molar-refractivity contribution >= 4 is 17.3 Å². The van der Waals surface area contributed by atoms with Crippen molar-refractivity contribution in [3.63, 3.8) is 0 Å². The number of nitrogens with zero attached hydrogens (tertiary/aromatic N) is 1. The van der Waals surface area contributed by atoms with Crippen LogP contribution in [0.1, 0.15) is 27.9 Å². The maximum atomic E-state index is 10.5. The highest BCUT2D eigenvalue weighted by molar-refractivity contribution is 7.09. The molecular weight excluding hydrogens is 370 g/mol. The molecule has 0 aliphatic rings. The van der Waals surface area contributed by atoms with E-state index in [2.05, 4.69) is 33.1 Å². The number of aliphatic imine (C=N–C) groups is 1. The second kappa shape index (κ2) is 10.7. The quantitative estimate of drug-likeness (QED) is 0.380. The van der Waals surface area contributed by atoms with Crippen LogP contribution in [0.15, 0.2) is 69.6 Å². The molecule has 0 saturated carbocycles. The number of aryl methyl sites for hydroxylation is 1. The predicted octanol–water partition coefficient (Wildman–Crippen LogP) is 3.70. The van der Waals surface area contributed by atoms with Crippen molar-refractivity contribution in [1.29, 1.82) is 0 Å². The van der Waals surface area contributed by atoms with Crippen molar-refractivity contribution < 1.29 is 9.52 Å². The summed E-state index contributed by atoms with van der Waals surface area (Å²) in [6.45, 7) is 3.82. The lowest BCUT2D eigenvalue weighted by Crippen LogP contribution is -2.39. The SMILES string of the molecule is Cc1cccc(C(O)CN=C(NCCc2ccco2)NCCc2cccs2)c1. The first-order valence-corrected chi connectivity index (χ1v) is 10.4. The van der Waals surface area contributed by atoms with Crippen LogP contribution >= 0.6 is 11.3 Å². The Bertz CT molecular complexity index is 802. The van der Waals surface area contributed by atoms with Crippen molar-refractivity contribution in [3.8, 4) is 0 Å². The van der Waals surface area contributed by atoms with E-state index in [9.17, 15) is 5.11 Å². The largest absolute Gasteiger partial charge is 0.469 e. The Morgan fingerprint density at radius 2 is 1.96 bits per heavy atom. The van der Waals surface area contributed by atoms with Gasteiger partial charge in [-0.1, -0.05) is 35.9 Å². The molecule has 3 N–H and O–H groups in total. The number of guanidine groups is 1. The molecule has 2 heterocycles. The van der Waals surface area contributed by atoms with Gasteiger partial charge in [0, 0.05) is 24.4 Å². The smallest absolute Gasteiger partial charge is 0.191 e. The van der Waals surface area contributed by atoms with Crippen molar-refractivity contribution in [2.75, 3.05) is 19.6 Å². The van der Waals surface area contributed by atoms with Gasteiger partial charge in [0.1, 0.15) is 5.76 Å². The molecule has 0 bridgehead atoms. The first-order chi connectivity index (χ1) is 13.7. The Morgan fingerprint density at radius 1 is 1.11 bits per heavy atom. The summed E-state index contributed by atoms with van der Waals surface area (Å²) in [5.74, 6) is 1.64. The lowest BCUT2D eigenvalue weighted by molar-refractivity contribution is 0.187. The fraction of sp³-hybridized carbons (Fsp3) is 0.318. The minimum Gasteiger partial charge on any atom is -0.469 e. The highest BCUT2D eigenvalue weighted by Crippen LogP contribution is 2.14. The van der Waals surface area contributed by atoms with Gasteiger partial charge in [-0.05, 0) is 42.5 Å². The molecule has 3 rings (SSSR count). The van der Waals surface area contributed by atoms with E-state index in [0.717, 1.165) is 36.3 Å². The Balaban J connectivity index is 1.55. The molecule has 0 radical (unpaired) electrons. The highest BCUT2D eigenvalue weighted by atomic mass is 32.1. The van der Waals surface area contributed by atoms with Crippen LogP contribution in [0.4, 0.5) is 0 Å². The van der Waals surface area contributed by atoms with Crippen LogP contribution < -0.4 is 10.6 Å². The summed E-state index contributed by atoms with van der Waals surface area (Å²) < 4.78 is 5.37. The minimum absolute atomic E-state index is 0.304. The number of furan rings is 1. The number of benzene rings is 1. The summed E-state index contributed by atoms with van der Waals surface area (Å²) in [6.07, 6.45) is 2.78.